The molecule has 0 amide bonds. The van der Waals surface area contributed by atoms with Crippen LogP contribution in [0.2, 0.25) is 0 Å². The van der Waals surface area contributed by atoms with E-state index in [0.29, 0.717) is 6.61 Å². The summed E-state index contributed by atoms with van der Waals surface area (Å²) < 4.78 is 5.30. The van der Waals surface area contributed by atoms with Gasteiger partial charge in [-0.2, -0.15) is 0 Å². The van der Waals surface area contributed by atoms with E-state index in [1.165, 1.54) is 5.56 Å². The van der Waals surface area contributed by atoms with Gasteiger partial charge in [0.15, 0.2) is 0 Å². The zero-order valence-electron chi connectivity index (χ0n) is 9.14. The number of nitrogens with one attached hydrogen (secondary N) is 1. The highest BCUT2D eigenvalue weighted by Crippen LogP contribution is 2.18. The number of ether oxygens (including phenoxy) is 1. The van der Waals surface area contributed by atoms with Crippen LogP contribution in [0.5, 0.6) is 0 Å². The topological polar surface area (TPSA) is 58.6 Å². The monoisotopic (exact) mass is 221 g/mol. The Morgan fingerprint density at radius 2 is 2.06 bits per heavy atom. The van der Waals surface area contributed by atoms with Gasteiger partial charge in [0.25, 0.3) is 0 Å². The first kappa shape index (κ1) is 11.1. The fourth-order valence-corrected chi connectivity index (χ4v) is 1.78. The normalized spacial score (nSPS) is 25.3. The molecule has 0 aromatic heterocycles. The van der Waals surface area contributed by atoms with E-state index in [0.717, 1.165) is 5.56 Å². The molecule has 0 saturated carbocycles. The van der Waals surface area contributed by atoms with Gasteiger partial charge in [-0.3, -0.25) is 10.1 Å². The lowest BCUT2D eigenvalue weighted by Gasteiger charge is -2.29. The molecule has 0 bridgehead atoms. The first-order valence-corrected chi connectivity index (χ1v) is 5.30. The van der Waals surface area contributed by atoms with Crippen LogP contribution in [0.1, 0.15) is 17.2 Å². The molecule has 0 radical (unpaired) electrons. The number of rotatable bonds is 2. The molecule has 2 unspecified atom stereocenters. The van der Waals surface area contributed by atoms with Crippen LogP contribution >= 0.6 is 0 Å². The number of morpholine rings is 1. The smallest absolute Gasteiger partial charge is 0.323 e. The lowest BCUT2D eigenvalue weighted by molar-refractivity contribution is -0.143. The number of carboxylic acids is 1. The lowest BCUT2D eigenvalue weighted by Crippen LogP contribution is -2.48. The minimum atomic E-state index is -0.864. The Balaban J connectivity index is 2.09. The molecule has 1 aliphatic rings. The van der Waals surface area contributed by atoms with Crippen molar-refractivity contribution < 1.29 is 14.6 Å². The zero-order valence-corrected chi connectivity index (χ0v) is 9.14. The zero-order chi connectivity index (χ0) is 11.5. The maximum absolute atomic E-state index is 10.8. The lowest BCUT2D eigenvalue weighted by atomic mass is 10.0. The SMILES string of the molecule is Cc1ccc(C2COCC(C(=O)O)N2)cc1. The Kier molecular flexibility index (Phi) is 3.22. The molecule has 1 aromatic carbocycles. The Labute approximate surface area is 94.2 Å². The molecular weight excluding hydrogens is 206 g/mol. The number of aliphatic carboxylic acids is 1. The largest absolute Gasteiger partial charge is 0.480 e. The van der Waals surface area contributed by atoms with Crippen LogP contribution in [-0.2, 0) is 9.53 Å². The molecule has 1 fully saturated rings. The van der Waals surface area contributed by atoms with Gasteiger partial charge in [-0.25, -0.2) is 0 Å². The minimum Gasteiger partial charge on any atom is -0.480 e. The molecule has 86 valence electrons. The predicted octanol–water partition coefficient (Wildman–Crippen LogP) is 1.11. The number of hydrogen-bond donors (Lipinski definition) is 2. The number of benzene rings is 1. The summed E-state index contributed by atoms with van der Waals surface area (Å²) in [6, 6.07) is 7.39. The van der Waals surface area contributed by atoms with Crippen molar-refractivity contribution in [3.63, 3.8) is 0 Å². The molecule has 0 spiro atoms. The minimum absolute atomic E-state index is 0.0320. The fourth-order valence-electron chi connectivity index (χ4n) is 1.78. The van der Waals surface area contributed by atoms with E-state index in [1.807, 2.05) is 31.2 Å². The third kappa shape index (κ3) is 2.40. The van der Waals surface area contributed by atoms with E-state index < -0.39 is 12.0 Å². The van der Waals surface area contributed by atoms with Crippen LogP contribution in [0.4, 0.5) is 0 Å². The molecule has 2 N–H and O–H groups in total. The van der Waals surface area contributed by atoms with Gasteiger partial charge in [-0.05, 0) is 12.5 Å². The number of aryl methyl sites for hydroxylation is 1. The van der Waals surface area contributed by atoms with Crippen LogP contribution in [0.25, 0.3) is 0 Å². The van der Waals surface area contributed by atoms with Crippen LogP contribution < -0.4 is 5.32 Å². The molecule has 2 atom stereocenters. The van der Waals surface area contributed by atoms with Gasteiger partial charge < -0.3 is 9.84 Å². The van der Waals surface area contributed by atoms with E-state index >= 15 is 0 Å². The van der Waals surface area contributed by atoms with Crippen LogP contribution in [-0.4, -0.2) is 30.3 Å². The molecule has 0 aliphatic carbocycles. The van der Waals surface area contributed by atoms with Crippen molar-refractivity contribution in [1.82, 2.24) is 5.32 Å². The van der Waals surface area contributed by atoms with Gasteiger partial charge in [-0.1, -0.05) is 29.8 Å². The summed E-state index contributed by atoms with van der Waals surface area (Å²) in [5.74, 6) is -0.864. The highest BCUT2D eigenvalue weighted by Gasteiger charge is 2.27. The molecule has 1 aromatic rings. The fraction of sp³-hybridized carbons (Fsp3) is 0.417. The number of hydrogen-bond acceptors (Lipinski definition) is 3. The highest BCUT2D eigenvalue weighted by atomic mass is 16.5. The summed E-state index contributed by atoms with van der Waals surface area (Å²) in [6.45, 7) is 2.78. The Bertz CT molecular complexity index is 374. The second-order valence-electron chi connectivity index (χ2n) is 4.06. The van der Waals surface area contributed by atoms with Gasteiger partial charge in [0.2, 0.25) is 0 Å². The van der Waals surface area contributed by atoms with E-state index in [2.05, 4.69) is 5.32 Å². The van der Waals surface area contributed by atoms with Crippen molar-refractivity contribution in [2.45, 2.75) is 19.0 Å². The van der Waals surface area contributed by atoms with E-state index in [4.69, 9.17) is 9.84 Å². The molecular formula is C12H15NO3. The van der Waals surface area contributed by atoms with Gasteiger partial charge in [0.05, 0.1) is 19.3 Å². The van der Waals surface area contributed by atoms with Crippen LogP contribution in [0.3, 0.4) is 0 Å². The summed E-state index contributed by atoms with van der Waals surface area (Å²) in [6.07, 6.45) is 0. The van der Waals surface area contributed by atoms with Crippen molar-refractivity contribution in [1.29, 1.82) is 0 Å². The quantitative estimate of drug-likeness (QED) is 0.785. The van der Waals surface area contributed by atoms with Gasteiger partial charge in [0.1, 0.15) is 6.04 Å². The summed E-state index contributed by atoms with van der Waals surface area (Å²) in [7, 11) is 0. The summed E-state index contributed by atoms with van der Waals surface area (Å²) in [4.78, 5) is 10.8. The second kappa shape index (κ2) is 4.63. The van der Waals surface area contributed by atoms with E-state index in [9.17, 15) is 4.79 Å². The Morgan fingerprint density at radius 3 is 2.69 bits per heavy atom. The molecule has 1 aliphatic heterocycles. The molecule has 4 nitrogen and oxygen atoms in total. The average molecular weight is 221 g/mol. The molecule has 1 saturated heterocycles. The number of carboxylic acid groups (broad SMARTS) is 1. The maximum atomic E-state index is 10.8. The third-order valence-electron chi connectivity index (χ3n) is 2.75. The third-order valence-corrected chi connectivity index (χ3v) is 2.75. The van der Waals surface area contributed by atoms with Crippen molar-refractivity contribution in [3.8, 4) is 0 Å². The molecule has 1 heterocycles. The van der Waals surface area contributed by atoms with E-state index in [-0.39, 0.29) is 12.6 Å². The molecule has 4 heteroatoms. The molecule has 2 rings (SSSR count). The van der Waals surface area contributed by atoms with Gasteiger partial charge >= 0.3 is 5.97 Å². The Morgan fingerprint density at radius 1 is 1.38 bits per heavy atom. The first-order valence-electron chi connectivity index (χ1n) is 5.30. The second-order valence-corrected chi connectivity index (χ2v) is 4.06. The van der Waals surface area contributed by atoms with Crippen molar-refractivity contribution in [2.75, 3.05) is 13.2 Å². The van der Waals surface area contributed by atoms with Crippen LogP contribution in [0, 0.1) is 6.92 Å². The van der Waals surface area contributed by atoms with E-state index in [1.54, 1.807) is 0 Å². The number of carbonyl (C=O) groups is 1. The van der Waals surface area contributed by atoms with Gasteiger partial charge in [-0.15, -0.1) is 0 Å². The first-order chi connectivity index (χ1) is 7.66. The maximum Gasteiger partial charge on any atom is 0.323 e. The standard InChI is InChI=1S/C12H15NO3/c1-8-2-4-9(5-3-8)10-6-16-7-11(13-10)12(14)15/h2-5,10-11,13H,6-7H2,1H3,(H,14,15). The molecule has 16 heavy (non-hydrogen) atoms. The Hall–Kier alpha value is -1.39. The van der Waals surface area contributed by atoms with Crippen molar-refractivity contribution in [3.05, 3.63) is 35.4 Å². The summed E-state index contributed by atoms with van der Waals surface area (Å²) in [5.41, 5.74) is 2.26. The summed E-state index contributed by atoms with van der Waals surface area (Å²) >= 11 is 0. The van der Waals surface area contributed by atoms with Crippen LogP contribution in [0.15, 0.2) is 24.3 Å². The highest BCUT2D eigenvalue weighted by molar-refractivity contribution is 5.73. The van der Waals surface area contributed by atoms with Gasteiger partial charge in [0, 0.05) is 0 Å². The van der Waals surface area contributed by atoms with Crippen molar-refractivity contribution in [2.24, 2.45) is 0 Å². The average Bonchev–Trinajstić information content (AvgIpc) is 2.30. The summed E-state index contributed by atoms with van der Waals surface area (Å²) in [5, 5.41) is 12.0. The predicted molar refractivity (Wildman–Crippen MR) is 59.3 cm³/mol. The van der Waals surface area contributed by atoms with Crippen molar-refractivity contribution >= 4 is 5.97 Å².